The van der Waals surface area contributed by atoms with E-state index in [1.54, 1.807) is 0 Å². The predicted octanol–water partition coefficient (Wildman–Crippen LogP) is 1.28. The molecule has 60 valence electrons. The molecule has 0 aromatic rings. The molecule has 1 heterocycles. The molecule has 0 radical (unpaired) electrons. The fourth-order valence-electron chi connectivity index (χ4n) is 0.943. The minimum atomic E-state index is 0.756. The Labute approximate surface area is 67.5 Å². The molecule has 1 aliphatic rings. The zero-order valence-corrected chi connectivity index (χ0v) is 6.59. The van der Waals surface area contributed by atoms with E-state index in [-0.39, 0.29) is 0 Å². The topological polar surface area (TPSA) is 38.0 Å². The third kappa shape index (κ3) is 3.05. The van der Waals surface area contributed by atoms with Gasteiger partial charge in [-0.2, -0.15) is 0 Å². The summed E-state index contributed by atoms with van der Waals surface area (Å²) in [5, 5.41) is 3.18. The van der Waals surface area contributed by atoms with E-state index in [0.29, 0.717) is 0 Å². The first-order chi connectivity index (χ1) is 5.43. The minimum absolute atomic E-state index is 0.756. The lowest BCUT2D eigenvalue weighted by molar-refractivity contribution is 0.785. The third-order valence-corrected chi connectivity index (χ3v) is 1.53. The largest absolute Gasteiger partial charge is 0.365 e. The van der Waals surface area contributed by atoms with Gasteiger partial charge >= 0.3 is 0 Å². The highest BCUT2D eigenvalue weighted by Crippen LogP contribution is 2.02. The number of allylic oxidation sites excluding steroid dienone is 5. The molecular weight excluding hydrogens is 136 g/mol. The molecule has 1 aliphatic heterocycles. The first-order valence-corrected chi connectivity index (χ1v) is 3.92. The quantitative estimate of drug-likeness (QED) is 0.636. The molecule has 0 aliphatic carbocycles. The smallest absolute Gasteiger partial charge is 0.0147 e. The molecule has 0 aromatic carbocycles. The monoisotopic (exact) mass is 150 g/mol. The van der Waals surface area contributed by atoms with Crippen LogP contribution in [0.15, 0.2) is 36.2 Å². The van der Waals surface area contributed by atoms with Gasteiger partial charge in [-0.3, -0.25) is 0 Å². The molecule has 11 heavy (non-hydrogen) atoms. The second-order valence-corrected chi connectivity index (χ2v) is 2.47. The van der Waals surface area contributed by atoms with E-state index in [0.717, 1.165) is 19.4 Å². The summed E-state index contributed by atoms with van der Waals surface area (Å²) < 4.78 is 0. The first kappa shape index (κ1) is 8.08. The summed E-state index contributed by atoms with van der Waals surface area (Å²) in [5.41, 5.74) is 6.63. The van der Waals surface area contributed by atoms with Gasteiger partial charge in [-0.05, 0) is 31.5 Å². The summed E-state index contributed by atoms with van der Waals surface area (Å²) >= 11 is 0. The summed E-state index contributed by atoms with van der Waals surface area (Å²) in [6, 6.07) is 0. The van der Waals surface area contributed by atoms with E-state index < -0.39 is 0 Å². The number of hydrogen-bond acceptors (Lipinski definition) is 2. The van der Waals surface area contributed by atoms with Crippen molar-refractivity contribution >= 4 is 0 Å². The van der Waals surface area contributed by atoms with Crippen molar-refractivity contribution in [3.05, 3.63) is 36.2 Å². The maximum atomic E-state index is 5.39. The van der Waals surface area contributed by atoms with Gasteiger partial charge in [-0.15, -0.1) is 0 Å². The van der Waals surface area contributed by atoms with E-state index in [2.05, 4.69) is 11.4 Å². The standard InChI is InChI=1S/C9H14N2/c10-7-4-6-9-5-2-1-3-8-11-9/h1-3,5,8,11H,4,6-7,10H2. The van der Waals surface area contributed by atoms with Crippen molar-refractivity contribution < 1.29 is 0 Å². The Kier molecular flexibility index (Phi) is 3.48. The summed E-state index contributed by atoms with van der Waals surface area (Å²) in [4.78, 5) is 0. The van der Waals surface area contributed by atoms with Crippen LogP contribution in [0.4, 0.5) is 0 Å². The van der Waals surface area contributed by atoms with Gasteiger partial charge in [0.1, 0.15) is 0 Å². The molecule has 0 atom stereocenters. The second-order valence-electron chi connectivity index (χ2n) is 2.47. The Morgan fingerprint density at radius 3 is 3.00 bits per heavy atom. The second kappa shape index (κ2) is 4.74. The Hall–Kier alpha value is -1.02. The van der Waals surface area contributed by atoms with Gasteiger partial charge in [-0.25, -0.2) is 0 Å². The summed E-state index contributed by atoms with van der Waals surface area (Å²) in [6.45, 7) is 0.756. The molecule has 3 N–H and O–H groups in total. The van der Waals surface area contributed by atoms with Gasteiger partial charge in [0.25, 0.3) is 0 Å². The normalized spacial score (nSPS) is 15.5. The van der Waals surface area contributed by atoms with Crippen LogP contribution in [0.2, 0.25) is 0 Å². The van der Waals surface area contributed by atoms with Crippen molar-refractivity contribution in [3.63, 3.8) is 0 Å². The van der Waals surface area contributed by atoms with E-state index in [1.165, 1.54) is 5.70 Å². The molecule has 1 rings (SSSR count). The van der Waals surface area contributed by atoms with Crippen molar-refractivity contribution in [2.75, 3.05) is 6.54 Å². The Morgan fingerprint density at radius 2 is 2.18 bits per heavy atom. The van der Waals surface area contributed by atoms with Gasteiger partial charge < -0.3 is 11.1 Å². The molecule has 0 saturated heterocycles. The highest BCUT2D eigenvalue weighted by molar-refractivity contribution is 5.20. The highest BCUT2D eigenvalue weighted by atomic mass is 14.8. The molecule has 0 unspecified atom stereocenters. The van der Waals surface area contributed by atoms with Crippen LogP contribution in [0.1, 0.15) is 12.8 Å². The van der Waals surface area contributed by atoms with Crippen molar-refractivity contribution in [2.24, 2.45) is 5.73 Å². The molecule has 2 heteroatoms. The summed E-state index contributed by atoms with van der Waals surface area (Å²) in [7, 11) is 0. The molecule has 2 nitrogen and oxygen atoms in total. The minimum Gasteiger partial charge on any atom is -0.365 e. The fourth-order valence-corrected chi connectivity index (χ4v) is 0.943. The van der Waals surface area contributed by atoms with Gasteiger partial charge in [0.15, 0.2) is 0 Å². The number of rotatable bonds is 3. The lowest BCUT2D eigenvalue weighted by Crippen LogP contribution is -2.06. The maximum absolute atomic E-state index is 5.39. The number of nitrogens with two attached hydrogens (primary N) is 1. The lowest BCUT2D eigenvalue weighted by atomic mass is 10.2. The van der Waals surface area contributed by atoms with Crippen LogP contribution in [-0.4, -0.2) is 6.54 Å². The maximum Gasteiger partial charge on any atom is 0.0147 e. The van der Waals surface area contributed by atoms with Crippen molar-refractivity contribution in [1.29, 1.82) is 0 Å². The van der Waals surface area contributed by atoms with Gasteiger partial charge in [0.2, 0.25) is 0 Å². The third-order valence-electron chi connectivity index (χ3n) is 1.53. The zero-order valence-electron chi connectivity index (χ0n) is 6.59. The number of hydrogen-bond donors (Lipinski definition) is 2. The van der Waals surface area contributed by atoms with E-state index in [9.17, 15) is 0 Å². The Bertz CT molecular complexity index is 190. The van der Waals surface area contributed by atoms with Crippen LogP contribution in [-0.2, 0) is 0 Å². The van der Waals surface area contributed by atoms with E-state index in [1.807, 2.05) is 24.4 Å². The van der Waals surface area contributed by atoms with Crippen LogP contribution in [0.5, 0.6) is 0 Å². The molecule has 0 bridgehead atoms. The lowest BCUT2D eigenvalue weighted by Gasteiger charge is -2.03. The molecule has 0 saturated carbocycles. The first-order valence-electron chi connectivity index (χ1n) is 3.92. The molecule has 0 aromatic heterocycles. The van der Waals surface area contributed by atoms with Crippen molar-refractivity contribution in [2.45, 2.75) is 12.8 Å². The van der Waals surface area contributed by atoms with Crippen LogP contribution in [0.3, 0.4) is 0 Å². The fraction of sp³-hybridized carbons (Fsp3) is 0.333. The van der Waals surface area contributed by atoms with Gasteiger partial charge in [-0.1, -0.05) is 12.2 Å². The molecule has 0 fully saturated rings. The van der Waals surface area contributed by atoms with E-state index >= 15 is 0 Å². The van der Waals surface area contributed by atoms with Crippen LogP contribution < -0.4 is 11.1 Å². The molecule has 0 amide bonds. The van der Waals surface area contributed by atoms with Crippen LogP contribution >= 0.6 is 0 Å². The van der Waals surface area contributed by atoms with E-state index in [4.69, 9.17) is 5.73 Å². The Balaban J connectivity index is 2.38. The van der Waals surface area contributed by atoms with Crippen LogP contribution in [0, 0.1) is 0 Å². The van der Waals surface area contributed by atoms with Crippen LogP contribution in [0.25, 0.3) is 0 Å². The van der Waals surface area contributed by atoms with Crippen molar-refractivity contribution in [1.82, 2.24) is 5.32 Å². The molecular formula is C9H14N2. The molecule has 0 spiro atoms. The Morgan fingerprint density at radius 1 is 1.27 bits per heavy atom. The highest BCUT2D eigenvalue weighted by Gasteiger charge is 1.92. The number of nitrogens with one attached hydrogen (secondary N) is 1. The predicted molar refractivity (Wildman–Crippen MR) is 47.8 cm³/mol. The van der Waals surface area contributed by atoms with Gasteiger partial charge in [0, 0.05) is 11.9 Å². The van der Waals surface area contributed by atoms with Gasteiger partial charge in [0.05, 0.1) is 0 Å². The summed E-state index contributed by atoms with van der Waals surface area (Å²) in [5.74, 6) is 0. The van der Waals surface area contributed by atoms with Crippen molar-refractivity contribution in [3.8, 4) is 0 Å². The average molecular weight is 150 g/mol. The average Bonchev–Trinajstić information content (AvgIpc) is 2.28. The zero-order chi connectivity index (χ0) is 7.94. The summed E-state index contributed by atoms with van der Waals surface area (Å²) in [6.07, 6.45) is 12.1. The SMILES string of the molecule is NCCCC1=CC=CC=CN1.